The molecule has 0 radical (unpaired) electrons. The highest BCUT2D eigenvalue weighted by atomic mass is 16.1. The van der Waals surface area contributed by atoms with Crippen molar-refractivity contribution in [1.29, 1.82) is 0 Å². The van der Waals surface area contributed by atoms with Gasteiger partial charge in [-0.2, -0.15) is 0 Å². The van der Waals surface area contributed by atoms with Crippen LogP contribution in [0.4, 0.5) is 0 Å². The Hall–Kier alpha value is -1.42. The third-order valence-corrected chi connectivity index (χ3v) is 3.24. The standard InChI is InChI=1S/C13H21N3O/c1-3-13(4-2,10-14)16-12(17)8-11-6-5-7-15-9-11/h5-7,9H,3-4,8,10,14H2,1-2H3,(H,16,17). The number of nitrogens with zero attached hydrogens (tertiary/aromatic N) is 1. The van der Waals surface area contributed by atoms with Gasteiger partial charge in [0.25, 0.3) is 0 Å². The highest BCUT2D eigenvalue weighted by Crippen LogP contribution is 2.13. The second-order valence-electron chi connectivity index (χ2n) is 4.28. The summed E-state index contributed by atoms with van der Waals surface area (Å²) in [7, 11) is 0. The smallest absolute Gasteiger partial charge is 0.224 e. The molecule has 3 N–H and O–H groups in total. The molecule has 1 aromatic heterocycles. The Morgan fingerprint density at radius 3 is 2.65 bits per heavy atom. The minimum Gasteiger partial charge on any atom is -0.349 e. The summed E-state index contributed by atoms with van der Waals surface area (Å²) >= 11 is 0. The Morgan fingerprint density at radius 1 is 1.47 bits per heavy atom. The quantitative estimate of drug-likeness (QED) is 0.780. The average Bonchev–Trinajstić information content (AvgIpc) is 2.37. The van der Waals surface area contributed by atoms with Gasteiger partial charge < -0.3 is 11.1 Å². The van der Waals surface area contributed by atoms with E-state index in [-0.39, 0.29) is 11.4 Å². The van der Waals surface area contributed by atoms with E-state index < -0.39 is 0 Å². The number of rotatable bonds is 6. The van der Waals surface area contributed by atoms with Gasteiger partial charge in [-0.05, 0) is 24.5 Å². The SMILES string of the molecule is CCC(CC)(CN)NC(=O)Cc1cccnc1. The van der Waals surface area contributed by atoms with Crippen LogP contribution in [0.1, 0.15) is 32.3 Å². The van der Waals surface area contributed by atoms with Crippen molar-refractivity contribution in [3.8, 4) is 0 Å². The van der Waals surface area contributed by atoms with Crippen LogP contribution in [0.25, 0.3) is 0 Å². The first-order valence-corrected chi connectivity index (χ1v) is 6.05. The van der Waals surface area contributed by atoms with Crippen molar-refractivity contribution >= 4 is 5.91 Å². The molecule has 0 spiro atoms. The van der Waals surface area contributed by atoms with Crippen molar-refractivity contribution in [2.45, 2.75) is 38.6 Å². The van der Waals surface area contributed by atoms with E-state index in [1.54, 1.807) is 12.4 Å². The molecule has 1 heterocycles. The van der Waals surface area contributed by atoms with E-state index in [0.717, 1.165) is 18.4 Å². The molecule has 17 heavy (non-hydrogen) atoms. The molecule has 1 rings (SSSR count). The number of aromatic nitrogens is 1. The van der Waals surface area contributed by atoms with Crippen LogP contribution in [0.15, 0.2) is 24.5 Å². The monoisotopic (exact) mass is 235 g/mol. The maximum Gasteiger partial charge on any atom is 0.224 e. The Morgan fingerprint density at radius 2 is 2.18 bits per heavy atom. The summed E-state index contributed by atoms with van der Waals surface area (Å²) in [6.45, 7) is 4.56. The molecule has 4 heteroatoms. The lowest BCUT2D eigenvalue weighted by Gasteiger charge is -2.31. The van der Waals surface area contributed by atoms with Crippen LogP contribution in [-0.4, -0.2) is 23.0 Å². The molecule has 1 aromatic rings. The first-order chi connectivity index (χ1) is 8.15. The number of amides is 1. The molecule has 4 nitrogen and oxygen atoms in total. The zero-order valence-electron chi connectivity index (χ0n) is 10.6. The first kappa shape index (κ1) is 13.6. The second kappa shape index (κ2) is 6.35. The van der Waals surface area contributed by atoms with E-state index in [0.29, 0.717) is 13.0 Å². The zero-order chi connectivity index (χ0) is 12.7. The fraction of sp³-hybridized carbons (Fsp3) is 0.538. The van der Waals surface area contributed by atoms with Crippen LogP contribution < -0.4 is 11.1 Å². The third kappa shape index (κ3) is 3.82. The number of hydrogen-bond acceptors (Lipinski definition) is 3. The molecule has 0 fully saturated rings. The highest BCUT2D eigenvalue weighted by molar-refractivity contribution is 5.79. The second-order valence-corrected chi connectivity index (χ2v) is 4.28. The molecule has 0 aliphatic heterocycles. The molecule has 94 valence electrons. The predicted molar refractivity (Wildman–Crippen MR) is 68.5 cm³/mol. The molecule has 1 amide bonds. The fourth-order valence-electron chi connectivity index (χ4n) is 1.79. The molecule has 0 atom stereocenters. The molecule has 0 aromatic carbocycles. The van der Waals surface area contributed by atoms with Crippen molar-refractivity contribution in [3.05, 3.63) is 30.1 Å². The summed E-state index contributed by atoms with van der Waals surface area (Å²) in [4.78, 5) is 15.9. The van der Waals surface area contributed by atoms with Gasteiger partial charge >= 0.3 is 0 Å². The molecule has 0 bridgehead atoms. The van der Waals surface area contributed by atoms with Crippen molar-refractivity contribution in [2.75, 3.05) is 6.54 Å². The van der Waals surface area contributed by atoms with Crippen molar-refractivity contribution in [2.24, 2.45) is 5.73 Å². The van der Waals surface area contributed by atoms with E-state index >= 15 is 0 Å². The maximum atomic E-state index is 11.9. The normalized spacial score (nSPS) is 11.2. The minimum absolute atomic E-state index is 0.00662. The Labute approximate surface area is 103 Å². The molecule has 0 saturated heterocycles. The van der Waals surface area contributed by atoms with Crippen LogP contribution in [-0.2, 0) is 11.2 Å². The Balaban J connectivity index is 2.60. The topological polar surface area (TPSA) is 68.0 Å². The van der Waals surface area contributed by atoms with Gasteiger partial charge in [-0.1, -0.05) is 19.9 Å². The van der Waals surface area contributed by atoms with E-state index in [4.69, 9.17) is 5.73 Å². The van der Waals surface area contributed by atoms with Gasteiger partial charge in [0.05, 0.1) is 12.0 Å². The predicted octanol–water partition coefficient (Wildman–Crippen LogP) is 1.26. The third-order valence-electron chi connectivity index (χ3n) is 3.24. The van der Waals surface area contributed by atoms with Gasteiger partial charge in [0.15, 0.2) is 0 Å². The van der Waals surface area contributed by atoms with E-state index in [1.807, 2.05) is 26.0 Å². The number of nitrogens with one attached hydrogen (secondary N) is 1. The number of nitrogens with two attached hydrogens (primary N) is 1. The molecular weight excluding hydrogens is 214 g/mol. The summed E-state index contributed by atoms with van der Waals surface area (Å²) in [6, 6.07) is 3.73. The minimum atomic E-state index is -0.265. The largest absolute Gasteiger partial charge is 0.349 e. The highest BCUT2D eigenvalue weighted by Gasteiger charge is 2.25. The lowest BCUT2D eigenvalue weighted by atomic mass is 9.92. The van der Waals surface area contributed by atoms with Gasteiger partial charge in [0.2, 0.25) is 5.91 Å². The summed E-state index contributed by atoms with van der Waals surface area (Å²) in [5.41, 5.74) is 6.40. The molecular formula is C13H21N3O. The van der Waals surface area contributed by atoms with Crippen LogP contribution >= 0.6 is 0 Å². The number of pyridine rings is 1. The van der Waals surface area contributed by atoms with Crippen LogP contribution in [0.2, 0.25) is 0 Å². The molecule has 0 aliphatic carbocycles. The van der Waals surface area contributed by atoms with Gasteiger partial charge in [-0.25, -0.2) is 0 Å². The lowest BCUT2D eigenvalue weighted by molar-refractivity contribution is -0.122. The maximum absolute atomic E-state index is 11.9. The van der Waals surface area contributed by atoms with E-state index in [9.17, 15) is 4.79 Å². The van der Waals surface area contributed by atoms with Gasteiger partial charge in [-0.3, -0.25) is 9.78 Å². The first-order valence-electron chi connectivity index (χ1n) is 6.05. The van der Waals surface area contributed by atoms with Crippen molar-refractivity contribution in [1.82, 2.24) is 10.3 Å². The summed E-state index contributed by atoms with van der Waals surface area (Å²) in [6.07, 6.45) is 5.46. The number of hydrogen-bond donors (Lipinski definition) is 2. The summed E-state index contributed by atoms with van der Waals surface area (Å²) < 4.78 is 0. The number of carbonyl (C=O) groups is 1. The number of carbonyl (C=O) groups excluding carboxylic acids is 1. The van der Waals surface area contributed by atoms with E-state index in [1.165, 1.54) is 0 Å². The Kier molecular flexibility index (Phi) is 5.10. The Bertz CT molecular complexity index is 339. The van der Waals surface area contributed by atoms with Crippen molar-refractivity contribution in [3.63, 3.8) is 0 Å². The van der Waals surface area contributed by atoms with Gasteiger partial charge in [0.1, 0.15) is 0 Å². The lowest BCUT2D eigenvalue weighted by Crippen LogP contribution is -2.53. The molecule has 0 aliphatic rings. The molecule has 0 unspecified atom stereocenters. The van der Waals surface area contributed by atoms with Crippen molar-refractivity contribution < 1.29 is 4.79 Å². The summed E-state index contributed by atoms with van der Waals surface area (Å²) in [5.74, 6) is 0.00662. The van der Waals surface area contributed by atoms with Crippen LogP contribution in [0.3, 0.4) is 0 Å². The van der Waals surface area contributed by atoms with E-state index in [2.05, 4.69) is 10.3 Å². The average molecular weight is 235 g/mol. The van der Waals surface area contributed by atoms with Gasteiger partial charge in [0, 0.05) is 18.9 Å². The van der Waals surface area contributed by atoms with Crippen LogP contribution in [0, 0.1) is 0 Å². The summed E-state index contributed by atoms with van der Waals surface area (Å²) in [5, 5.41) is 3.04. The zero-order valence-corrected chi connectivity index (χ0v) is 10.6. The van der Waals surface area contributed by atoms with Gasteiger partial charge in [-0.15, -0.1) is 0 Å². The fourth-order valence-corrected chi connectivity index (χ4v) is 1.79. The van der Waals surface area contributed by atoms with Crippen LogP contribution in [0.5, 0.6) is 0 Å². The molecule has 0 saturated carbocycles.